The van der Waals surface area contributed by atoms with Crippen LogP contribution in [0.15, 0.2) is 48.8 Å². The molecule has 1 aliphatic heterocycles. The van der Waals surface area contributed by atoms with Crippen molar-refractivity contribution in [2.24, 2.45) is 23.2 Å². The number of rotatable bonds is 10. The van der Waals surface area contributed by atoms with Gasteiger partial charge in [0.05, 0.1) is 19.9 Å². The molecule has 2 aromatic heterocycles. The van der Waals surface area contributed by atoms with Gasteiger partial charge in [0.15, 0.2) is 11.5 Å². The highest BCUT2D eigenvalue weighted by molar-refractivity contribution is 5.92. The molecule has 1 saturated heterocycles. The number of amides is 1. The minimum absolute atomic E-state index is 0.0946. The van der Waals surface area contributed by atoms with E-state index in [-0.39, 0.29) is 5.91 Å². The first-order valence-electron chi connectivity index (χ1n) is 16.3. The molecule has 3 aromatic rings. The van der Waals surface area contributed by atoms with E-state index >= 15 is 0 Å². The molecule has 4 bridgehead atoms. The number of pyridine rings is 1. The maximum absolute atomic E-state index is 13.0. The van der Waals surface area contributed by atoms with Crippen LogP contribution >= 0.6 is 0 Å². The number of hydrogen-bond acceptors (Lipinski definition) is 8. The van der Waals surface area contributed by atoms with Crippen molar-refractivity contribution in [1.29, 1.82) is 0 Å². The van der Waals surface area contributed by atoms with Crippen LogP contribution < -0.4 is 19.7 Å². The Morgan fingerprint density at radius 2 is 1.68 bits per heavy atom. The summed E-state index contributed by atoms with van der Waals surface area (Å²) in [5.41, 5.74) is 3.93. The van der Waals surface area contributed by atoms with Gasteiger partial charge in [0, 0.05) is 56.6 Å². The summed E-state index contributed by atoms with van der Waals surface area (Å²) in [6.45, 7) is 7.68. The molecule has 8 rings (SSSR count). The number of piperazine rings is 1. The van der Waals surface area contributed by atoms with Crippen LogP contribution in [-0.4, -0.2) is 72.4 Å². The molecule has 5 aliphatic rings. The predicted molar refractivity (Wildman–Crippen MR) is 170 cm³/mol. The Labute approximate surface area is 260 Å². The van der Waals surface area contributed by atoms with Gasteiger partial charge >= 0.3 is 0 Å². The average Bonchev–Trinajstić information content (AvgIpc) is 3.04. The van der Waals surface area contributed by atoms with Crippen molar-refractivity contribution in [3.05, 3.63) is 60.0 Å². The first-order chi connectivity index (χ1) is 21.5. The Hall–Kier alpha value is -3.72. The number of nitrogens with zero attached hydrogens (tertiary/aromatic N) is 5. The second-order valence-corrected chi connectivity index (χ2v) is 13.5. The third-order valence-corrected chi connectivity index (χ3v) is 10.4. The van der Waals surface area contributed by atoms with Crippen LogP contribution in [0.5, 0.6) is 11.5 Å². The number of carbonyl (C=O) groups is 1. The number of nitrogens with one attached hydrogen (secondary N) is 1. The highest BCUT2D eigenvalue weighted by Crippen LogP contribution is 2.59. The molecule has 0 unspecified atom stereocenters. The molecule has 0 spiro atoms. The van der Waals surface area contributed by atoms with E-state index in [0.29, 0.717) is 17.7 Å². The molecule has 1 amide bonds. The van der Waals surface area contributed by atoms with Crippen molar-refractivity contribution >= 4 is 11.7 Å². The van der Waals surface area contributed by atoms with Crippen LogP contribution in [0.1, 0.15) is 61.5 Å². The number of benzene rings is 1. The summed E-state index contributed by atoms with van der Waals surface area (Å²) in [6.07, 6.45) is 11.7. The fraction of sp³-hybridized carbons (Fsp3) is 0.543. The second kappa shape index (κ2) is 12.3. The fourth-order valence-electron chi connectivity index (χ4n) is 8.73. The van der Waals surface area contributed by atoms with E-state index in [1.165, 1.54) is 38.5 Å². The SMILES string of the molecule is CCOc1cncc(-c2ccc(CN3CCN(c4ccc(C(=O)NCC56CC7CC(CC(C7)C5)C6)nn4)CC3)c(OC)c2)c1. The molecule has 9 heteroatoms. The second-order valence-electron chi connectivity index (χ2n) is 13.5. The zero-order chi connectivity index (χ0) is 30.1. The molecular formula is C35H44N6O3. The van der Waals surface area contributed by atoms with Gasteiger partial charge in [-0.1, -0.05) is 12.1 Å². The topological polar surface area (TPSA) is 92.7 Å². The standard InChI is InChI=1S/C35H44N6O3/c1-3-44-30-15-29(20-36-21-30)27-4-5-28(32(16-27)43-2)22-40-8-10-41(11-9-40)33-7-6-31(38-39-33)34(42)37-23-35-17-24-12-25(18-35)14-26(13-24)19-35/h4-7,15-16,20-21,24-26H,3,8-14,17-19,22-23H2,1-2H3,(H,37,42). The monoisotopic (exact) mass is 596 g/mol. The van der Waals surface area contributed by atoms with Gasteiger partial charge in [0.2, 0.25) is 0 Å². The molecule has 232 valence electrons. The minimum Gasteiger partial charge on any atom is -0.496 e. The maximum atomic E-state index is 13.0. The number of anilines is 1. The van der Waals surface area contributed by atoms with Gasteiger partial charge in [-0.25, -0.2) is 0 Å². The lowest BCUT2D eigenvalue weighted by Crippen LogP contribution is -2.51. The normalized spacial score (nSPS) is 26.0. The summed E-state index contributed by atoms with van der Waals surface area (Å²) < 4.78 is 11.4. The number of carbonyl (C=O) groups excluding carboxylic acids is 1. The zero-order valence-corrected chi connectivity index (χ0v) is 26.0. The Balaban J connectivity index is 0.914. The number of methoxy groups -OCH3 is 1. The Kier molecular flexibility index (Phi) is 8.14. The van der Waals surface area contributed by atoms with Crippen LogP contribution in [0.2, 0.25) is 0 Å². The lowest BCUT2D eigenvalue weighted by atomic mass is 9.49. The lowest BCUT2D eigenvalue weighted by Gasteiger charge is -2.56. The Bertz CT molecular complexity index is 1430. The van der Waals surface area contributed by atoms with Crippen molar-refractivity contribution in [3.63, 3.8) is 0 Å². The third kappa shape index (κ3) is 6.11. The van der Waals surface area contributed by atoms with E-state index in [4.69, 9.17) is 9.47 Å². The maximum Gasteiger partial charge on any atom is 0.271 e. The molecular weight excluding hydrogens is 552 g/mol. The van der Waals surface area contributed by atoms with E-state index in [0.717, 1.165) is 91.0 Å². The molecule has 1 aromatic carbocycles. The summed E-state index contributed by atoms with van der Waals surface area (Å²) >= 11 is 0. The lowest BCUT2D eigenvalue weighted by molar-refractivity contribution is -0.0503. The summed E-state index contributed by atoms with van der Waals surface area (Å²) in [4.78, 5) is 22.0. The van der Waals surface area contributed by atoms with Gasteiger partial charge in [-0.15, -0.1) is 10.2 Å². The molecule has 0 radical (unpaired) electrons. The van der Waals surface area contributed by atoms with Crippen molar-refractivity contribution in [1.82, 2.24) is 25.4 Å². The van der Waals surface area contributed by atoms with Crippen LogP contribution in [-0.2, 0) is 6.54 Å². The predicted octanol–water partition coefficient (Wildman–Crippen LogP) is 5.21. The van der Waals surface area contributed by atoms with Gasteiger partial charge in [-0.05, 0) is 98.4 Å². The number of hydrogen-bond donors (Lipinski definition) is 1. The molecule has 5 fully saturated rings. The quantitative estimate of drug-likeness (QED) is 0.341. The molecule has 9 nitrogen and oxygen atoms in total. The fourth-order valence-corrected chi connectivity index (χ4v) is 8.73. The number of ether oxygens (including phenoxy) is 2. The van der Waals surface area contributed by atoms with Crippen LogP contribution in [0.4, 0.5) is 5.82 Å². The van der Waals surface area contributed by atoms with E-state index < -0.39 is 0 Å². The van der Waals surface area contributed by atoms with Crippen molar-refractivity contribution in [3.8, 4) is 22.6 Å². The molecule has 44 heavy (non-hydrogen) atoms. The third-order valence-electron chi connectivity index (χ3n) is 10.4. The Morgan fingerprint density at radius 3 is 2.34 bits per heavy atom. The summed E-state index contributed by atoms with van der Waals surface area (Å²) in [5.74, 6) is 5.01. The molecule has 1 N–H and O–H groups in total. The average molecular weight is 597 g/mol. The van der Waals surface area contributed by atoms with Gasteiger partial charge in [-0.3, -0.25) is 14.7 Å². The van der Waals surface area contributed by atoms with Gasteiger partial charge in [0.1, 0.15) is 11.5 Å². The molecule has 0 atom stereocenters. The molecule has 4 saturated carbocycles. The van der Waals surface area contributed by atoms with E-state index in [2.05, 4.69) is 48.5 Å². The molecule has 3 heterocycles. The number of aromatic nitrogens is 3. The highest BCUT2D eigenvalue weighted by Gasteiger charge is 2.50. The van der Waals surface area contributed by atoms with E-state index in [1.807, 2.05) is 31.3 Å². The van der Waals surface area contributed by atoms with Gasteiger partial charge < -0.3 is 19.7 Å². The summed E-state index contributed by atoms with van der Waals surface area (Å²) in [6, 6.07) is 12.1. The first-order valence-corrected chi connectivity index (χ1v) is 16.3. The van der Waals surface area contributed by atoms with Crippen molar-refractivity contribution < 1.29 is 14.3 Å². The first kappa shape index (κ1) is 29.0. The van der Waals surface area contributed by atoms with Crippen molar-refractivity contribution in [2.45, 2.75) is 52.0 Å². The Morgan fingerprint density at radius 1 is 0.932 bits per heavy atom. The van der Waals surface area contributed by atoms with Gasteiger partial charge in [0.25, 0.3) is 5.91 Å². The summed E-state index contributed by atoms with van der Waals surface area (Å²) in [7, 11) is 1.72. The minimum atomic E-state index is -0.0946. The molecule has 4 aliphatic carbocycles. The van der Waals surface area contributed by atoms with Crippen LogP contribution in [0, 0.1) is 23.2 Å². The van der Waals surface area contributed by atoms with E-state index in [9.17, 15) is 4.79 Å². The summed E-state index contributed by atoms with van der Waals surface area (Å²) in [5, 5.41) is 12.0. The van der Waals surface area contributed by atoms with Crippen LogP contribution in [0.25, 0.3) is 11.1 Å². The smallest absolute Gasteiger partial charge is 0.271 e. The zero-order valence-electron chi connectivity index (χ0n) is 26.0. The van der Waals surface area contributed by atoms with Crippen molar-refractivity contribution in [2.75, 3.05) is 51.3 Å². The van der Waals surface area contributed by atoms with Gasteiger partial charge in [-0.2, -0.15) is 0 Å². The van der Waals surface area contributed by atoms with Crippen LogP contribution in [0.3, 0.4) is 0 Å². The largest absolute Gasteiger partial charge is 0.496 e. The van der Waals surface area contributed by atoms with E-state index in [1.54, 1.807) is 13.3 Å². The highest BCUT2D eigenvalue weighted by atomic mass is 16.5.